The van der Waals surface area contributed by atoms with E-state index in [0.29, 0.717) is 5.57 Å². The number of hydrogen-bond donors (Lipinski definition) is 0. The van der Waals surface area contributed by atoms with Gasteiger partial charge in [-0.15, -0.1) is 0 Å². The minimum Gasteiger partial charge on any atom is -0.466 e. The summed E-state index contributed by atoms with van der Waals surface area (Å²) in [6, 6.07) is 3.40. The molecular formula is C18H33IO3Si. The van der Waals surface area contributed by atoms with E-state index in [1.165, 1.54) is 12.7 Å². The van der Waals surface area contributed by atoms with E-state index in [0.717, 1.165) is 24.6 Å². The van der Waals surface area contributed by atoms with Crippen LogP contribution in [0.5, 0.6) is 0 Å². The summed E-state index contributed by atoms with van der Waals surface area (Å²) in [4.78, 5) is 11.7. The van der Waals surface area contributed by atoms with Crippen LogP contribution >= 0.6 is 22.6 Å². The lowest BCUT2D eigenvalue weighted by molar-refractivity contribution is -0.136. The Morgan fingerprint density at radius 1 is 1.17 bits per heavy atom. The molecule has 0 unspecified atom stereocenters. The van der Waals surface area contributed by atoms with Gasteiger partial charge in [0.1, 0.15) is 0 Å². The number of rotatable bonds is 10. The molecule has 0 aromatic carbocycles. The molecule has 0 fully saturated rings. The summed E-state index contributed by atoms with van der Waals surface area (Å²) < 4.78 is 13.7. The van der Waals surface area contributed by atoms with Crippen molar-refractivity contribution in [2.24, 2.45) is 5.92 Å². The molecule has 0 rings (SSSR count). The van der Waals surface area contributed by atoms with Gasteiger partial charge in [0.15, 0.2) is 8.32 Å². The van der Waals surface area contributed by atoms with Crippen LogP contribution in [0, 0.1) is 5.92 Å². The van der Waals surface area contributed by atoms with Crippen LogP contribution in [0.3, 0.4) is 0 Å². The fourth-order valence-electron chi connectivity index (χ4n) is 2.75. The summed E-state index contributed by atoms with van der Waals surface area (Å²) >= 11 is 2.28. The summed E-state index contributed by atoms with van der Waals surface area (Å²) in [5.41, 5.74) is 1.97. The smallest absolute Gasteiger partial charge is 0.333 e. The van der Waals surface area contributed by atoms with Gasteiger partial charge in [-0.3, -0.25) is 0 Å². The average Bonchev–Trinajstić information content (AvgIpc) is 2.57. The molecule has 0 aliphatic carbocycles. The third-order valence-electron chi connectivity index (χ3n) is 4.65. The van der Waals surface area contributed by atoms with Crippen LogP contribution in [0.1, 0.15) is 48.0 Å². The molecule has 3 nitrogen and oxygen atoms in total. The second-order valence-corrected chi connectivity index (χ2v) is 11.6. The Morgan fingerprint density at radius 3 is 2.09 bits per heavy atom. The van der Waals surface area contributed by atoms with E-state index < -0.39 is 8.32 Å². The highest BCUT2D eigenvalue weighted by atomic mass is 127. The van der Waals surface area contributed by atoms with E-state index in [-0.39, 0.29) is 18.0 Å². The molecule has 0 bridgehead atoms. The van der Waals surface area contributed by atoms with Crippen molar-refractivity contribution in [2.45, 2.75) is 72.2 Å². The van der Waals surface area contributed by atoms with E-state index in [1.807, 2.05) is 13.0 Å². The third-order valence-corrected chi connectivity index (χ3v) is 10.4. The van der Waals surface area contributed by atoms with Crippen molar-refractivity contribution in [3.05, 3.63) is 21.3 Å². The second-order valence-electron chi connectivity index (χ2n) is 6.26. The molecule has 2 atom stereocenters. The zero-order chi connectivity index (χ0) is 18.0. The Balaban J connectivity index is 5.40. The maximum atomic E-state index is 11.7. The summed E-state index contributed by atoms with van der Waals surface area (Å²) in [5, 5.41) is 0. The first-order chi connectivity index (χ1) is 10.8. The molecule has 0 radical (unpaired) electrons. The molecule has 0 heterocycles. The maximum Gasteiger partial charge on any atom is 0.333 e. The largest absolute Gasteiger partial charge is 0.466 e. The number of hydrogen-bond acceptors (Lipinski definition) is 3. The second kappa shape index (κ2) is 11.4. The van der Waals surface area contributed by atoms with E-state index in [2.05, 4.69) is 61.3 Å². The number of methoxy groups -OCH3 is 1. The molecule has 0 amide bonds. The van der Waals surface area contributed by atoms with Crippen molar-refractivity contribution in [1.82, 2.24) is 0 Å². The van der Waals surface area contributed by atoms with Crippen LogP contribution in [0.25, 0.3) is 0 Å². The Kier molecular flexibility index (Phi) is 11.3. The Morgan fingerprint density at radius 2 is 1.70 bits per heavy atom. The average molecular weight is 452 g/mol. The minimum atomic E-state index is -1.68. The van der Waals surface area contributed by atoms with Crippen molar-refractivity contribution in [1.29, 1.82) is 0 Å². The number of esters is 1. The summed E-state index contributed by atoms with van der Waals surface area (Å²) in [5.74, 6) is -0.0846. The summed E-state index contributed by atoms with van der Waals surface area (Å²) in [7, 11) is -0.263. The maximum absolute atomic E-state index is 11.7. The van der Waals surface area contributed by atoms with Crippen LogP contribution in [0.2, 0.25) is 18.1 Å². The lowest BCUT2D eigenvalue weighted by Crippen LogP contribution is -2.42. The molecule has 0 aromatic heterocycles. The van der Waals surface area contributed by atoms with Crippen molar-refractivity contribution >= 4 is 36.9 Å². The predicted octanol–water partition coefficient (Wildman–Crippen LogP) is 5.86. The van der Waals surface area contributed by atoms with Gasteiger partial charge < -0.3 is 9.16 Å². The Labute approximate surface area is 157 Å². The fraction of sp³-hybridized carbons (Fsp3) is 0.722. The standard InChI is InChI=1S/C18H33IO3Si/c1-8-23(9-2,10-3)22-17(11-14(4)13-19)15(5)12-16(6)18(20)21-7/h12-13,15,17H,8-11H2,1-7H3/b14-13+,16-12+/t15-,17-/m1/s1. The van der Waals surface area contributed by atoms with Gasteiger partial charge in [0.25, 0.3) is 0 Å². The van der Waals surface area contributed by atoms with Gasteiger partial charge in [0, 0.05) is 11.5 Å². The van der Waals surface area contributed by atoms with Gasteiger partial charge in [0.05, 0.1) is 13.2 Å². The summed E-state index contributed by atoms with van der Waals surface area (Å²) in [6.07, 6.45) is 3.02. The van der Waals surface area contributed by atoms with Crippen molar-refractivity contribution in [3.8, 4) is 0 Å². The number of carbonyl (C=O) groups excluding carboxylic acids is 1. The lowest BCUT2D eigenvalue weighted by Gasteiger charge is -2.35. The van der Waals surface area contributed by atoms with Crippen LogP contribution < -0.4 is 0 Å². The van der Waals surface area contributed by atoms with Crippen molar-refractivity contribution in [3.63, 3.8) is 0 Å². The highest BCUT2D eigenvalue weighted by Gasteiger charge is 2.33. The molecular weight excluding hydrogens is 419 g/mol. The lowest BCUT2D eigenvalue weighted by atomic mass is 9.97. The van der Waals surface area contributed by atoms with Crippen molar-refractivity contribution < 1.29 is 14.0 Å². The zero-order valence-electron chi connectivity index (χ0n) is 15.7. The van der Waals surface area contributed by atoms with Gasteiger partial charge >= 0.3 is 5.97 Å². The molecule has 0 aliphatic heterocycles. The first kappa shape index (κ1) is 22.9. The van der Waals surface area contributed by atoms with Crippen LogP contribution in [-0.2, 0) is 14.0 Å². The van der Waals surface area contributed by atoms with Gasteiger partial charge in [-0.2, -0.15) is 0 Å². The molecule has 0 N–H and O–H groups in total. The number of carbonyl (C=O) groups is 1. The van der Waals surface area contributed by atoms with Gasteiger partial charge in [-0.25, -0.2) is 4.79 Å². The van der Waals surface area contributed by atoms with Crippen LogP contribution in [-0.4, -0.2) is 27.5 Å². The van der Waals surface area contributed by atoms with Gasteiger partial charge in [0.2, 0.25) is 0 Å². The van der Waals surface area contributed by atoms with E-state index in [1.54, 1.807) is 0 Å². The van der Waals surface area contributed by atoms with Crippen LogP contribution in [0.4, 0.5) is 0 Å². The normalized spacial score (nSPS) is 16.2. The molecule has 23 heavy (non-hydrogen) atoms. The highest BCUT2D eigenvalue weighted by molar-refractivity contribution is 14.1. The topological polar surface area (TPSA) is 35.5 Å². The van der Waals surface area contributed by atoms with E-state index in [9.17, 15) is 4.79 Å². The molecule has 134 valence electrons. The van der Waals surface area contributed by atoms with E-state index >= 15 is 0 Å². The molecule has 5 heteroatoms. The van der Waals surface area contributed by atoms with E-state index in [4.69, 9.17) is 9.16 Å². The molecule has 0 aliphatic rings. The molecule has 0 saturated carbocycles. The summed E-state index contributed by atoms with van der Waals surface area (Å²) in [6.45, 7) is 12.8. The first-order valence-electron chi connectivity index (χ1n) is 8.49. The molecule has 0 saturated heterocycles. The number of ether oxygens (including phenoxy) is 1. The SMILES string of the molecule is CC[Si](CC)(CC)O[C@H](C/C(C)=C/I)[C@H](C)/C=C(\C)C(=O)OC. The third kappa shape index (κ3) is 7.52. The zero-order valence-corrected chi connectivity index (χ0v) is 18.9. The fourth-order valence-corrected chi connectivity index (χ4v) is 5.94. The van der Waals surface area contributed by atoms with Gasteiger partial charge in [-0.1, -0.05) is 61.9 Å². The quantitative estimate of drug-likeness (QED) is 0.180. The molecule has 0 aromatic rings. The Bertz CT molecular complexity index is 420. The monoisotopic (exact) mass is 452 g/mol. The first-order valence-corrected chi connectivity index (χ1v) is 12.3. The minimum absolute atomic E-state index is 0.118. The van der Waals surface area contributed by atoms with Gasteiger partial charge in [-0.05, 0) is 42.5 Å². The highest BCUT2D eigenvalue weighted by Crippen LogP contribution is 2.29. The number of halogens is 1. The van der Waals surface area contributed by atoms with Crippen LogP contribution in [0.15, 0.2) is 21.3 Å². The van der Waals surface area contributed by atoms with Crippen molar-refractivity contribution in [2.75, 3.05) is 7.11 Å². The molecule has 0 spiro atoms. The predicted molar refractivity (Wildman–Crippen MR) is 109 cm³/mol. The Hall–Kier alpha value is -0.143.